The fourth-order valence-corrected chi connectivity index (χ4v) is 3.10. The molecule has 0 unspecified atom stereocenters. The maximum Gasteiger partial charge on any atom is 0.0385 e. The van der Waals surface area contributed by atoms with Crippen molar-refractivity contribution in [2.24, 2.45) is 0 Å². The third kappa shape index (κ3) is 2.90. The van der Waals surface area contributed by atoms with Crippen LogP contribution in [-0.2, 0) is 12.8 Å². The van der Waals surface area contributed by atoms with Gasteiger partial charge in [0.2, 0.25) is 0 Å². The van der Waals surface area contributed by atoms with Crippen LogP contribution in [0.25, 0.3) is 0 Å². The van der Waals surface area contributed by atoms with Crippen LogP contribution in [0.5, 0.6) is 0 Å². The van der Waals surface area contributed by atoms with Crippen LogP contribution >= 0.6 is 0 Å². The van der Waals surface area contributed by atoms with Crippen LogP contribution in [0.2, 0.25) is 0 Å². The Morgan fingerprint density at radius 3 is 1.52 bits per heavy atom. The van der Waals surface area contributed by atoms with Crippen molar-refractivity contribution in [3.05, 3.63) is 58.7 Å². The molecule has 4 N–H and O–H groups in total. The first-order valence-corrected chi connectivity index (χ1v) is 7.88. The van der Waals surface area contributed by atoms with Crippen LogP contribution in [0, 0.1) is 0 Å². The summed E-state index contributed by atoms with van der Waals surface area (Å²) < 4.78 is 0. The monoisotopic (exact) mass is 282 g/mol. The second kappa shape index (κ2) is 6.66. The molecule has 2 aromatic carbocycles. The van der Waals surface area contributed by atoms with Crippen molar-refractivity contribution in [3.63, 3.8) is 0 Å². The standard InChI is InChI=1S/C19H26N2/c1-4-13-9-7-11-16(18(13)20)15(6-3)17-12-8-10-14(5-2)19(17)21/h7-12,15H,4-6,20-21H2,1-3H3. The summed E-state index contributed by atoms with van der Waals surface area (Å²) in [6.45, 7) is 6.48. The summed E-state index contributed by atoms with van der Waals surface area (Å²) in [6.07, 6.45) is 2.91. The first kappa shape index (κ1) is 15.4. The molecule has 0 saturated carbocycles. The van der Waals surface area contributed by atoms with Crippen molar-refractivity contribution < 1.29 is 0 Å². The van der Waals surface area contributed by atoms with Crippen molar-refractivity contribution in [3.8, 4) is 0 Å². The highest BCUT2D eigenvalue weighted by molar-refractivity contribution is 5.62. The van der Waals surface area contributed by atoms with Crippen molar-refractivity contribution >= 4 is 11.4 Å². The molecule has 2 aromatic rings. The minimum Gasteiger partial charge on any atom is -0.398 e. The maximum absolute atomic E-state index is 6.39. The van der Waals surface area contributed by atoms with Crippen LogP contribution in [0.3, 0.4) is 0 Å². The number of hydrogen-bond donors (Lipinski definition) is 2. The average molecular weight is 282 g/mol. The molecule has 0 aliphatic heterocycles. The Balaban J connectivity index is 2.55. The molecular formula is C19H26N2. The Morgan fingerprint density at radius 2 is 1.19 bits per heavy atom. The van der Waals surface area contributed by atoms with Gasteiger partial charge in [0.15, 0.2) is 0 Å². The van der Waals surface area contributed by atoms with Gasteiger partial charge >= 0.3 is 0 Å². The normalized spacial score (nSPS) is 11.0. The molecule has 2 rings (SSSR count). The largest absolute Gasteiger partial charge is 0.398 e. The van der Waals surface area contributed by atoms with E-state index in [1.807, 2.05) is 0 Å². The molecule has 2 nitrogen and oxygen atoms in total. The minimum atomic E-state index is 0.267. The number of hydrogen-bond acceptors (Lipinski definition) is 2. The van der Waals surface area contributed by atoms with Gasteiger partial charge in [-0.2, -0.15) is 0 Å². The van der Waals surface area contributed by atoms with Gasteiger partial charge in [-0.15, -0.1) is 0 Å². The van der Waals surface area contributed by atoms with Gasteiger partial charge in [-0.25, -0.2) is 0 Å². The van der Waals surface area contributed by atoms with Crippen LogP contribution in [0.4, 0.5) is 11.4 Å². The van der Waals surface area contributed by atoms with E-state index in [2.05, 4.69) is 57.2 Å². The second-order valence-corrected chi connectivity index (χ2v) is 5.51. The van der Waals surface area contributed by atoms with E-state index in [0.29, 0.717) is 0 Å². The summed E-state index contributed by atoms with van der Waals surface area (Å²) in [6, 6.07) is 12.7. The van der Waals surface area contributed by atoms with E-state index >= 15 is 0 Å². The number of aryl methyl sites for hydroxylation is 2. The lowest BCUT2D eigenvalue weighted by molar-refractivity contribution is 0.779. The smallest absolute Gasteiger partial charge is 0.0385 e. The van der Waals surface area contributed by atoms with E-state index in [-0.39, 0.29) is 5.92 Å². The van der Waals surface area contributed by atoms with Gasteiger partial charge in [-0.05, 0) is 41.5 Å². The zero-order valence-corrected chi connectivity index (χ0v) is 13.3. The number of nitrogens with two attached hydrogens (primary N) is 2. The Morgan fingerprint density at radius 1 is 0.762 bits per heavy atom. The third-order valence-electron chi connectivity index (χ3n) is 4.38. The van der Waals surface area contributed by atoms with E-state index in [4.69, 9.17) is 11.5 Å². The van der Waals surface area contributed by atoms with E-state index < -0.39 is 0 Å². The van der Waals surface area contributed by atoms with Gasteiger partial charge in [0.25, 0.3) is 0 Å². The fraction of sp³-hybridized carbons (Fsp3) is 0.368. The van der Waals surface area contributed by atoms with Gasteiger partial charge in [0.1, 0.15) is 0 Å². The lowest BCUT2D eigenvalue weighted by atomic mass is 9.84. The van der Waals surface area contributed by atoms with Crippen molar-refractivity contribution in [1.29, 1.82) is 0 Å². The van der Waals surface area contributed by atoms with E-state index in [0.717, 1.165) is 30.6 Å². The highest BCUT2D eigenvalue weighted by Crippen LogP contribution is 2.37. The topological polar surface area (TPSA) is 52.0 Å². The van der Waals surface area contributed by atoms with Gasteiger partial charge < -0.3 is 11.5 Å². The molecule has 0 bridgehead atoms. The summed E-state index contributed by atoms with van der Waals surface area (Å²) in [5.74, 6) is 0.267. The third-order valence-corrected chi connectivity index (χ3v) is 4.38. The van der Waals surface area contributed by atoms with E-state index in [1.165, 1.54) is 22.3 Å². The highest BCUT2D eigenvalue weighted by Gasteiger charge is 2.19. The predicted octanol–water partition coefficient (Wildman–Crippen LogP) is 4.52. The van der Waals surface area contributed by atoms with Crippen molar-refractivity contribution in [2.75, 3.05) is 11.5 Å². The molecule has 0 heterocycles. The molecule has 0 radical (unpaired) electrons. The first-order chi connectivity index (χ1) is 10.1. The zero-order chi connectivity index (χ0) is 15.4. The Hall–Kier alpha value is -1.96. The summed E-state index contributed by atoms with van der Waals surface area (Å²) in [4.78, 5) is 0. The number of para-hydroxylation sites is 2. The summed E-state index contributed by atoms with van der Waals surface area (Å²) in [7, 11) is 0. The average Bonchev–Trinajstić information content (AvgIpc) is 2.51. The molecular weight excluding hydrogens is 256 g/mol. The SMILES string of the molecule is CCc1cccc(C(CC)c2cccc(CC)c2N)c1N. The molecule has 0 atom stereocenters. The minimum absolute atomic E-state index is 0.267. The quantitative estimate of drug-likeness (QED) is 0.792. The van der Waals surface area contributed by atoms with E-state index in [9.17, 15) is 0 Å². The molecule has 21 heavy (non-hydrogen) atoms. The van der Waals surface area contributed by atoms with E-state index in [1.54, 1.807) is 0 Å². The maximum atomic E-state index is 6.39. The van der Waals surface area contributed by atoms with Crippen LogP contribution in [-0.4, -0.2) is 0 Å². The van der Waals surface area contributed by atoms with Crippen molar-refractivity contribution in [1.82, 2.24) is 0 Å². The Kier molecular flexibility index (Phi) is 4.89. The Bertz CT molecular complexity index is 563. The number of nitrogen functional groups attached to an aromatic ring is 2. The molecule has 0 aliphatic carbocycles. The lowest BCUT2D eigenvalue weighted by Gasteiger charge is -2.22. The number of anilines is 2. The molecule has 0 amide bonds. The number of benzene rings is 2. The van der Waals surface area contributed by atoms with Gasteiger partial charge in [0.05, 0.1) is 0 Å². The molecule has 0 spiro atoms. The molecule has 0 saturated heterocycles. The Labute approximate surface area is 128 Å². The lowest BCUT2D eigenvalue weighted by Crippen LogP contribution is -2.09. The summed E-state index contributed by atoms with van der Waals surface area (Å²) in [5.41, 5.74) is 19.5. The second-order valence-electron chi connectivity index (χ2n) is 5.51. The van der Waals surface area contributed by atoms with Gasteiger partial charge in [-0.3, -0.25) is 0 Å². The highest BCUT2D eigenvalue weighted by atomic mass is 14.6. The predicted molar refractivity (Wildman–Crippen MR) is 92.6 cm³/mol. The summed E-state index contributed by atoms with van der Waals surface area (Å²) >= 11 is 0. The molecule has 0 fully saturated rings. The van der Waals surface area contributed by atoms with Gasteiger partial charge in [0, 0.05) is 17.3 Å². The first-order valence-electron chi connectivity index (χ1n) is 7.88. The summed E-state index contributed by atoms with van der Waals surface area (Å²) in [5, 5.41) is 0. The molecule has 0 aromatic heterocycles. The van der Waals surface area contributed by atoms with Crippen molar-refractivity contribution in [2.45, 2.75) is 46.0 Å². The van der Waals surface area contributed by atoms with Gasteiger partial charge in [-0.1, -0.05) is 57.2 Å². The van der Waals surface area contributed by atoms with Crippen LogP contribution < -0.4 is 11.5 Å². The van der Waals surface area contributed by atoms with Crippen LogP contribution in [0.15, 0.2) is 36.4 Å². The zero-order valence-electron chi connectivity index (χ0n) is 13.3. The number of rotatable bonds is 5. The molecule has 112 valence electrons. The van der Waals surface area contributed by atoms with Crippen LogP contribution in [0.1, 0.15) is 55.4 Å². The molecule has 2 heteroatoms. The molecule has 0 aliphatic rings. The fourth-order valence-electron chi connectivity index (χ4n) is 3.10.